The Morgan fingerprint density at radius 1 is 1.32 bits per heavy atom. The van der Waals surface area contributed by atoms with E-state index in [2.05, 4.69) is 48.9 Å². The molecule has 0 aliphatic rings. The Hall–Kier alpha value is -0.610. The van der Waals surface area contributed by atoms with Crippen molar-refractivity contribution in [2.75, 3.05) is 6.54 Å². The molecule has 4 heteroatoms. The number of hydrogen-bond donors (Lipinski definition) is 1. The van der Waals surface area contributed by atoms with E-state index < -0.39 is 0 Å². The van der Waals surface area contributed by atoms with Gasteiger partial charge in [-0.15, -0.1) is 0 Å². The Labute approximate surface area is 123 Å². The van der Waals surface area contributed by atoms with E-state index >= 15 is 0 Å². The number of ether oxygens (including phenoxy) is 1. The Morgan fingerprint density at radius 3 is 2.53 bits per heavy atom. The largest absolute Gasteiger partial charge is 0.489 e. The predicted octanol–water partition coefficient (Wildman–Crippen LogP) is 4.52. The molecule has 0 saturated carbocycles. The molecule has 0 saturated heterocycles. The zero-order chi connectivity index (χ0) is 14.5. The van der Waals surface area contributed by atoms with Crippen LogP contribution in [0.25, 0.3) is 0 Å². The minimum atomic E-state index is -0.289. The fraction of sp³-hybridized carbons (Fsp3) is 0.600. The van der Waals surface area contributed by atoms with Gasteiger partial charge in [0, 0.05) is 22.6 Å². The van der Waals surface area contributed by atoms with E-state index in [1.807, 2.05) is 0 Å². The minimum Gasteiger partial charge on any atom is -0.489 e. The Bertz CT molecular complexity index is 383. The van der Waals surface area contributed by atoms with Crippen LogP contribution in [0.5, 0.6) is 5.75 Å². The molecule has 1 rings (SSSR count). The molecule has 0 aromatic heterocycles. The van der Waals surface area contributed by atoms with Crippen LogP contribution in [-0.2, 0) is 0 Å². The van der Waals surface area contributed by atoms with Crippen LogP contribution in [-0.4, -0.2) is 18.2 Å². The molecule has 0 aliphatic heterocycles. The minimum absolute atomic E-state index is 0.0534. The number of benzene rings is 1. The molecular weight excluding hydrogens is 309 g/mol. The van der Waals surface area contributed by atoms with E-state index in [4.69, 9.17) is 4.74 Å². The van der Waals surface area contributed by atoms with Gasteiger partial charge in [-0.2, -0.15) is 0 Å². The second-order valence-electron chi connectivity index (χ2n) is 5.76. The molecule has 0 radical (unpaired) electrons. The molecule has 2 nitrogen and oxygen atoms in total. The third-order valence-electron chi connectivity index (χ3n) is 2.61. The first-order valence-corrected chi connectivity index (χ1v) is 7.47. The van der Waals surface area contributed by atoms with Crippen molar-refractivity contribution < 1.29 is 9.13 Å². The fourth-order valence-electron chi connectivity index (χ4n) is 1.73. The Balaban J connectivity index is 2.66. The second kappa shape index (κ2) is 7.25. The Morgan fingerprint density at radius 2 is 2.00 bits per heavy atom. The summed E-state index contributed by atoms with van der Waals surface area (Å²) < 4.78 is 19.9. The summed E-state index contributed by atoms with van der Waals surface area (Å²) in [4.78, 5) is 0. The lowest BCUT2D eigenvalue weighted by atomic mass is 10.1. The van der Waals surface area contributed by atoms with Crippen molar-refractivity contribution in [2.24, 2.45) is 0 Å². The van der Waals surface area contributed by atoms with E-state index in [0.717, 1.165) is 19.4 Å². The maximum atomic E-state index is 13.3. The summed E-state index contributed by atoms with van der Waals surface area (Å²) >= 11 is 3.28. The summed E-state index contributed by atoms with van der Waals surface area (Å²) in [6.45, 7) is 9.23. The highest BCUT2D eigenvalue weighted by atomic mass is 79.9. The summed E-state index contributed by atoms with van der Waals surface area (Å²) in [6.07, 6.45) is 2.03. The molecule has 1 aromatic rings. The van der Waals surface area contributed by atoms with E-state index in [1.54, 1.807) is 6.07 Å². The first-order valence-electron chi connectivity index (χ1n) is 6.68. The van der Waals surface area contributed by atoms with Gasteiger partial charge in [0.25, 0.3) is 0 Å². The van der Waals surface area contributed by atoms with Gasteiger partial charge in [-0.05, 0) is 39.3 Å². The van der Waals surface area contributed by atoms with Crippen LogP contribution >= 0.6 is 15.9 Å². The van der Waals surface area contributed by atoms with E-state index in [0.29, 0.717) is 10.2 Å². The van der Waals surface area contributed by atoms with Crippen LogP contribution in [0.15, 0.2) is 22.7 Å². The van der Waals surface area contributed by atoms with Gasteiger partial charge in [-0.3, -0.25) is 0 Å². The molecular formula is C15H23BrFNO. The molecule has 19 heavy (non-hydrogen) atoms. The zero-order valence-electron chi connectivity index (χ0n) is 12.1. The SMILES string of the molecule is CCCC(CNC(C)(C)C)Oc1cc(F)cc(Br)c1. The van der Waals surface area contributed by atoms with Crippen LogP contribution in [0.4, 0.5) is 4.39 Å². The van der Waals surface area contributed by atoms with Crippen LogP contribution in [0.3, 0.4) is 0 Å². The van der Waals surface area contributed by atoms with E-state index in [1.165, 1.54) is 12.1 Å². The first kappa shape index (κ1) is 16.4. The monoisotopic (exact) mass is 331 g/mol. The molecule has 0 amide bonds. The average molecular weight is 332 g/mol. The number of rotatable bonds is 6. The average Bonchev–Trinajstić information content (AvgIpc) is 2.23. The van der Waals surface area contributed by atoms with Crippen molar-refractivity contribution in [2.45, 2.75) is 52.2 Å². The summed E-state index contributed by atoms with van der Waals surface area (Å²) in [5.41, 5.74) is 0.0534. The van der Waals surface area contributed by atoms with Gasteiger partial charge in [-0.25, -0.2) is 4.39 Å². The van der Waals surface area contributed by atoms with Crippen molar-refractivity contribution in [3.63, 3.8) is 0 Å². The third kappa shape index (κ3) is 6.92. The van der Waals surface area contributed by atoms with Gasteiger partial charge in [-0.1, -0.05) is 29.3 Å². The first-order chi connectivity index (χ1) is 8.80. The smallest absolute Gasteiger partial charge is 0.128 e. The van der Waals surface area contributed by atoms with Crippen molar-refractivity contribution in [3.8, 4) is 5.75 Å². The predicted molar refractivity (Wildman–Crippen MR) is 81.2 cm³/mol. The summed E-state index contributed by atoms with van der Waals surface area (Å²) in [5.74, 6) is 0.282. The van der Waals surface area contributed by atoms with Crippen LogP contribution in [0.1, 0.15) is 40.5 Å². The number of hydrogen-bond acceptors (Lipinski definition) is 2. The highest BCUT2D eigenvalue weighted by Crippen LogP contribution is 2.22. The third-order valence-corrected chi connectivity index (χ3v) is 3.07. The molecule has 0 aliphatic carbocycles. The normalized spacial score (nSPS) is 13.4. The van der Waals surface area contributed by atoms with Gasteiger partial charge in [0.1, 0.15) is 17.7 Å². The standard InChI is InChI=1S/C15H23BrFNO/c1-5-6-13(10-18-15(2,3)4)19-14-8-11(16)7-12(17)9-14/h7-9,13,18H,5-6,10H2,1-4H3. The summed E-state index contributed by atoms with van der Waals surface area (Å²) in [6, 6.07) is 4.64. The lowest BCUT2D eigenvalue weighted by Gasteiger charge is -2.26. The second-order valence-corrected chi connectivity index (χ2v) is 6.68. The van der Waals surface area contributed by atoms with Gasteiger partial charge < -0.3 is 10.1 Å². The highest BCUT2D eigenvalue weighted by molar-refractivity contribution is 9.10. The Kier molecular flexibility index (Phi) is 6.27. The lowest BCUT2D eigenvalue weighted by Crippen LogP contribution is -2.42. The molecule has 0 spiro atoms. The van der Waals surface area contributed by atoms with Gasteiger partial charge in [0.2, 0.25) is 0 Å². The molecule has 0 fully saturated rings. The molecule has 108 valence electrons. The summed E-state index contributed by atoms with van der Waals surface area (Å²) in [7, 11) is 0. The molecule has 1 unspecified atom stereocenters. The van der Waals surface area contributed by atoms with Crippen LogP contribution in [0.2, 0.25) is 0 Å². The van der Waals surface area contributed by atoms with Crippen LogP contribution < -0.4 is 10.1 Å². The fourth-order valence-corrected chi connectivity index (χ4v) is 2.18. The molecule has 1 atom stereocenters. The highest BCUT2D eigenvalue weighted by Gasteiger charge is 2.15. The molecule has 1 N–H and O–H groups in total. The van der Waals surface area contributed by atoms with Gasteiger partial charge in [0.05, 0.1) is 0 Å². The van der Waals surface area contributed by atoms with Crippen molar-refractivity contribution in [3.05, 3.63) is 28.5 Å². The van der Waals surface area contributed by atoms with Crippen molar-refractivity contribution in [1.82, 2.24) is 5.32 Å². The summed E-state index contributed by atoms with van der Waals surface area (Å²) in [5, 5.41) is 3.43. The van der Waals surface area contributed by atoms with Gasteiger partial charge >= 0.3 is 0 Å². The van der Waals surface area contributed by atoms with Crippen molar-refractivity contribution >= 4 is 15.9 Å². The van der Waals surface area contributed by atoms with Crippen LogP contribution in [0, 0.1) is 5.82 Å². The molecule has 1 aromatic carbocycles. The number of halogens is 2. The maximum absolute atomic E-state index is 13.3. The zero-order valence-corrected chi connectivity index (χ0v) is 13.7. The van der Waals surface area contributed by atoms with Gasteiger partial charge in [0.15, 0.2) is 0 Å². The molecule has 0 heterocycles. The van der Waals surface area contributed by atoms with E-state index in [-0.39, 0.29) is 17.5 Å². The lowest BCUT2D eigenvalue weighted by molar-refractivity contribution is 0.174. The maximum Gasteiger partial charge on any atom is 0.128 e. The topological polar surface area (TPSA) is 21.3 Å². The number of nitrogens with one attached hydrogen (secondary N) is 1. The van der Waals surface area contributed by atoms with E-state index in [9.17, 15) is 4.39 Å². The molecule has 0 bridgehead atoms. The van der Waals surface area contributed by atoms with Crippen molar-refractivity contribution in [1.29, 1.82) is 0 Å². The quantitative estimate of drug-likeness (QED) is 0.827.